The van der Waals surface area contributed by atoms with Gasteiger partial charge in [-0.1, -0.05) is 30.3 Å². The summed E-state index contributed by atoms with van der Waals surface area (Å²) in [5.41, 5.74) is 2.07. The number of hydrogen-bond donors (Lipinski definition) is 0. The number of benzene rings is 2. The van der Waals surface area contributed by atoms with E-state index < -0.39 is 15.3 Å². The SMILES string of the molecule is COC(=O)CCCCCOc1ccc2ncn(S(=O)(=O)C(C)Cc3ccccc3)c2c1. The van der Waals surface area contributed by atoms with Crippen molar-refractivity contribution in [1.29, 1.82) is 0 Å². The lowest BCUT2D eigenvalue weighted by Crippen LogP contribution is -2.26. The highest BCUT2D eigenvalue weighted by Gasteiger charge is 2.25. The Bertz CT molecular complexity index is 1110. The van der Waals surface area contributed by atoms with Gasteiger partial charge in [-0.15, -0.1) is 0 Å². The molecule has 2 aromatic carbocycles. The lowest BCUT2D eigenvalue weighted by atomic mass is 10.1. The van der Waals surface area contributed by atoms with Gasteiger partial charge < -0.3 is 9.47 Å². The van der Waals surface area contributed by atoms with Crippen molar-refractivity contribution in [3.63, 3.8) is 0 Å². The fraction of sp³-hybridized carbons (Fsp3) is 0.391. The van der Waals surface area contributed by atoms with Crippen LogP contribution in [-0.2, 0) is 26.0 Å². The van der Waals surface area contributed by atoms with E-state index in [-0.39, 0.29) is 5.97 Å². The second-order valence-electron chi connectivity index (χ2n) is 7.47. The van der Waals surface area contributed by atoms with E-state index in [1.165, 1.54) is 17.4 Å². The van der Waals surface area contributed by atoms with Gasteiger partial charge in [-0.2, -0.15) is 0 Å². The Morgan fingerprint density at radius 3 is 2.61 bits per heavy atom. The van der Waals surface area contributed by atoms with Crippen LogP contribution in [0.1, 0.15) is 38.2 Å². The number of nitrogens with zero attached hydrogens (tertiary/aromatic N) is 2. The van der Waals surface area contributed by atoms with Gasteiger partial charge in [-0.05, 0) is 50.3 Å². The van der Waals surface area contributed by atoms with Crippen molar-refractivity contribution < 1.29 is 22.7 Å². The molecule has 0 aliphatic rings. The van der Waals surface area contributed by atoms with E-state index in [1.807, 2.05) is 30.3 Å². The molecular weight excluding hydrogens is 416 g/mol. The van der Waals surface area contributed by atoms with Crippen LogP contribution in [0.5, 0.6) is 5.75 Å². The van der Waals surface area contributed by atoms with Crippen LogP contribution in [0.4, 0.5) is 0 Å². The summed E-state index contributed by atoms with van der Waals surface area (Å²) >= 11 is 0. The predicted molar refractivity (Wildman–Crippen MR) is 120 cm³/mol. The summed E-state index contributed by atoms with van der Waals surface area (Å²) in [6.07, 6.45) is 4.57. The Morgan fingerprint density at radius 1 is 1.10 bits per heavy atom. The smallest absolute Gasteiger partial charge is 0.305 e. The number of carbonyl (C=O) groups excluding carboxylic acids is 1. The Balaban J connectivity index is 1.66. The van der Waals surface area contributed by atoms with Crippen LogP contribution in [0, 0.1) is 0 Å². The molecule has 0 fully saturated rings. The molecule has 0 saturated carbocycles. The number of imidazole rings is 1. The van der Waals surface area contributed by atoms with E-state index in [0.29, 0.717) is 36.2 Å². The van der Waals surface area contributed by atoms with E-state index in [0.717, 1.165) is 24.8 Å². The van der Waals surface area contributed by atoms with Crippen LogP contribution < -0.4 is 4.74 Å². The van der Waals surface area contributed by atoms with Gasteiger partial charge in [-0.3, -0.25) is 4.79 Å². The van der Waals surface area contributed by atoms with Crippen LogP contribution in [-0.4, -0.2) is 42.3 Å². The molecule has 0 aliphatic heterocycles. The maximum atomic E-state index is 13.2. The minimum absolute atomic E-state index is 0.206. The first-order valence-corrected chi connectivity index (χ1v) is 11.9. The zero-order valence-corrected chi connectivity index (χ0v) is 18.7. The van der Waals surface area contributed by atoms with E-state index in [4.69, 9.17) is 4.74 Å². The third-order valence-corrected chi connectivity index (χ3v) is 7.18. The van der Waals surface area contributed by atoms with Crippen LogP contribution in [0.15, 0.2) is 54.9 Å². The molecule has 1 atom stereocenters. The maximum Gasteiger partial charge on any atom is 0.305 e. The Morgan fingerprint density at radius 2 is 1.87 bits per heavy atom. The van der Waals surface area contributed by atoms with Crippen molar-refractivity contribution in [2.45, 2.75) is 44.3 Å². The summed E-state index contributed by atoms with van der Waals surface area (Å²) < 4.78 is 38.0. The lowest BCUT2D eigenvalue weighted by Gasteiger charge is -2.15. The molecule has 31 heavy (non-hydrogen) atoms. The van der Waals surface area contributed by atoms with Crippen molar-refractivity contribution >= 4 is 27.0 Å². The number of fused-ring (bicyclic) bond motifs is 1. The third-order valence-electron chi connectivity index (χ3n) is 5.16. The fourth-order valence-corrected chi connectivity index (χ4v) is 4.73. The molecule has 0 aliphatic carbocycles. The molecule has 1 unspecified atom stereocenters. The fourth-order valence-electron chi connectivity index (χ4n) is 3.34. The average molecular weight is 445 g/mol. The van der Waals surface area contributed by atoms with E-state index in [1.54, 1.807) is 25.1 Å². The first kappa shape index (κ1) is 22.8. The lowest BCUT2D eigenvalue weighted by molar-refractivity contribution is -0.140. The second kappa shape index (κ2) is 10.4. The van der Waals surface area contributed by atoms with Crippen molar-refractivity contribution in [3.05, 3.63) is 60.4 Å². The summed E-state index contributed by atoms with van der Waals surface area (Å²) in [5.74, 6) is 0.385. The molecule has 8 heteroatoms. The number of carbonyl (C=O) groups is 1. The van der Waals surface area contributed by atoms with E-state index in [2.05, 4.69) is 9.72 Å². The summed E-state index contributed by atoms with van der Waals surface area (Å²) in [4.78, 5) is 15.4. The number of esters is 1. The van der Waals surface area contributed by atoms with E-state index in [9.17, 15) is 13.2 Å². The highest BCUT2D eigenvalue weighted by atomic mass is 32.2. The molecule has 166 valence electrons. The molecule has 1 aromatic heterocycles. The quantitative estimate of drug-likeness (QED) is 0.329. The highest BCUT2D eigenvalue weighted by Crippen LogP contribution is 2.24. The van der Waals surface area contributed by atoms with Crippen molar-refractivity contribution in [1.82, 2.24) is 8.96 Å². The first-order chi connectivity index (χ1) is 14.9. The average Bonchev–Trinajstić information content (AvgIpc) is 3.20. The molecule has 0 amide bonds. The van der Waals surface area contributed by atoms with Crippen LogP contribution in [0.25, 0.3) is 11.0 Å². The van der Waals surface area contributed by atoms with Gasteiger partial charge >= 0.3 is 5.97 Å². The van der Waals surface area contributed by atoms with Gasteiger partial charge in [0.25, 0.3) is 0 Å². The summed E-state index contributed by atoms with van der Waals surface area (Å²) in [6.45, 7) is 2.20. The number of unbranched alkanes of at least 4 members (excludes halogenated alkanes) is 2. The molecular formula is C23H28N2O5S. The molecule has 0 spiro atoms. The van der Waals surface area contributed by atoms with Gasteiger partial charge in [0.05, 0.1) is 30.0 Å². The molecule has 0 bridgehead atoms. The third kappa shape index (κ3) is 5.85. The zero-order chi connectivity index (χ0) is 22.3. The Labute approximate surface area is 183 Å². The first-order valence-electron chi connectivity index (χ1n) is 10.4. The zero-order valence-electron chi connectivity index (χ0n) is 17.9. The Kier molecular flexibility index (Phi) is 7.68. The number of aromatic nitrogens is 2. The van der Waals surface area contributed by atoms with Gasteiger partial charge in [0.15, 0.2) is 0 Å². The summed E-state index contributed by atoms with van der Waals surface area (Å²) in [7, 11) is -2.24. The molecule has 7 nitrogen and oxygen atoms in total. The van der Waals surface area contributed by atoms with Crippen LogP contribution in [0.2, 0.25) is 0 Å². The number of rotatable bonds is 11. The minimum atomic E-state index is -3.63. The number of methoxy groups -OCH3 is 1. The van der Waals surface area contributed by atoms with Crippen LogP contribution >= 0.6 is 0 Å². The maximum absolute atomic E-state index is 13.2. The largest absolute Gasteiger partial charge is 0.494 e. The number of hydrogen-bond acceptors (Lipinski definition) is 6. The van der Waals surface area contributed by atoms with Crippen molar-refractivity contribution in [3.8, 4) is 5.75 Å². The molecule has 1 heterocycles. The van der Waals surface area contributed by atoms with Gasteiger partial charge in [0.2, 0.25) is 10.0 Å². The topological polar surface area (TPSA) is 87.5 Å². The van der Waals surface area contributed by atoms with Gasteiger partial charge in [0, 0.05) is 12.5 Å². The van der Waals surface area contributed by atoms with Crippen molar-refractivity contribution in [2.75, 3.05) is 13.7 Å². The van der Waals surface area contributed by atoms with Gasteiger partial charge in [0.1, 0.15) is 12.1 Å². The second-order valence-corrected chi connectivity index (χ2v) is 9.70. The molecule has 3 rings (SSSR count). The molecule has 3 aromatic rings. The van der Waals surface area contributed by atoms with E-state index >= 15 is 0 Å². The standard InChI is InChI=1S/C23H28N2O5S/c1-18(15-19-9-5-3-6-10-19)31(27,28)25-17-24-21-13-12-20(16-22(21)25)30-14-8-4-7-11-23(26)29-2/h3,5-6,9-10,12-13,16-18H,4,7-8,11,14-15H2,1-2H3. The highest BCUT2D eigenvalue weighted by molar-refractivity contribution is 7.90. The predicted octanol–water partition coefficient (Wildman–Crippen LogP) is 3.96. The molecule has 0 radical (unpaired) electrons. The summed E-state index contributed by atoms with van der Waals surface area (Å²) in [6, 6.07) is 14.8. The summed E-state index contributed by atoms with van der Waals surface area (Å²) in [5, 5.41) is -0.605. The Hall–Kier alpha value is -2.87. The number of ether oxygens (including phenoxy) is 2. The normalized spacial score (nSPS) is 12.6. The minimum Gasteiger partial charge on any atom is -0.494 e. The van der Waals surface area contributed by atoms with Crippen LogP contribution in [0.3, 0.4) is 0 Å². The van der Waals surface area contributed by atoms with Gasteiger partial charge in [-0.25, -0.2) is 17.4 Å². The molecule has 0 N–H and O–H groups in total. The van der Waals surface area contributed by atoms with Crippen molar-refractivity contribution in [2.24, 2.45) is 0 Å². The molecule has 0 saturated heterocycles. The monoisotopic (exact) mass is 444 g/mol.